The van der Waals surface area contributed by atoms with Crippen LogP contribution in [0.2, 0.25) is 0 Å². The van der Waals surface area contributed by atoms with Gasteiger partial charge < -0.3 is 9.64 Å². The first kappa shape index (κ1) is 18.8. The van der Waals surface area contributed by atoms with Gasteiger partial charge in [0, 0.05) is 13.1 Å². The number of aromatic nitrogens is 3. The summed E-state index contributed by atoms with van der Waals surface area (Å²) in [6, 6.07) is 4.05. The Morgan fingerprint density at radius 3 is 2.81 bits per heavy atom. The standard InChI is InChI=1S/C18H20N4O2S3/c1-10-7-22(8-11(2)24-10)14(23)9-26-18-16-17(27-12(3)19-16)15(20-21-18)13-5-4-6-25-13/h4-6,10-11H,7-9H2,1-3H3. The highest BCUT2D eigenvalue weighted by atomic mass is 32.2. The van der Waals surface area contributed by atoms with Crippen LogP contribution in [0, 0.1) is 6.92 Å². The number of thioether (sulfide) groups is 1. The zero-order valence-electron chi connectivity index (χ0n) is 15.3. The summed E-state index contributed by atoms with van der Waals surface area (Å²) in [5.41, 5.74) is 1.72. The van der Waals surface area contributed by atoms with Gasteiger partial charge in [0.25, 0.3) is 0 Å². The third-order valence-corrected chi connectivity index (χ3v) is 7.05. The second-order valence-electron chi connectivity index (χ2n) is 6.59. The SMILES string of the molecule is Cc1nc2c(SCC(=O)N3CC(C)OC(C)C3)nnc(-c3cccs3)c2s1. The van der Waals surface area contributed by atoms with Crippen LogP contribution >= 0.6 is 34.4 Å². The Hall–Kier alpha value is -1.55. The number of aryl methyl sites for hydroxylation is 1. The van der Waals surface area contributed by atoms with Crippen molar-refractivity contribution in [3.8, 4) is 10.6 Å². The number of hydrogen-bond donors (Lipinski definition) is 0. The third kappa shape index (κ3) is 4.01. The lowest BCUT2D eigenvalue weighted by Gasteiger charge is -2.35. The Labute approximate surface area is 170 Å². The Kier molecular flexibility index (Phi) is 5.45. The fraction of sp³-hybridized carbons (Fsp3) is 0.444. The van der Waals surface area contributed by atoms with Crippen molar-refractivity contribution in [1.29, 1.82) is 0 Å². The second-order valence-corrected chi connectivity index (χ2v) is 9.70. The molecule has 3 aromatic rings. The van der Waals surface area contributed by atoms with Gasteiger partial charge in [0.15, 0.2) is 0 Å². The van der Waals surface area contributed by atoms with Gasteiger partial charge in [-0.25, -0.2) is 4.98 Å². The number of thiophene rings is 1. The number of rotatable bonds is 4. The highest BCUT2D eigenvalue weighted by molar-refractivity contribution is 8.00. The minimum Gasteiger partial charge on any atom is -0.372 e. The zero-order chi connectivity index (χ0) is 19.0. The van der Waals surface area contributed by atoms with Crippen LogP contribution in [0.5, 0.6) is 0 Å². The summed E-state index contributed by atoms with van der Waals surface area (Å²) in [5, 5.41) is 12.6. The van der Waals surface area contributed by atoms with E-state index in [0.717, 1.165) is 30.8 Å². The Balaban J connectivity index is 1.54. The predicted molar refractivity (Wildman–Crippen MR) is 111 cm³/mol. The first-order chi connectivity index (χ1) is 13.0. The molecule has 4 rings (SSSR count). The average molecular weight is 421 g/mol. The van der Waals surface area contributed by atoms with Gasteiger partial charge in [-0.1, -0.05) is 17.8 Å². The first-order valence-electron chi connectivity index (χ1n) is 8.75. The van der Waals surface area contributed by atoms with Gasteiger partial charge in [-0.05, 0) is 32.2 Å². The number of morpholine rings is 1. The van der Waals surface area contributed by atoms with Crippen molar-refractivity contribution in [2.45, 2.75) is 38.0 Å². The van der Waals surface area contributed by atoms with E-state index in [1.807, 2.05) is 43.2 Å². The molecule has 0 saturated carbocycles. The molecule has 2 atom stereocenters. The molecule has 0 bridgehead atoms. The molecule has 27 heavy (non-hydrogen) atoms. The van der Waals surface area contributed by atoms with Gasteiger partial charge in [0.2, 0.25) is 5.91 Å². The van der Waals surface area contributed by atoms with E-state index in [1.165, 1.54) is 11.8 Å². The molecule has 1 amide bonds. The van der Waals surface area contributed by atoms with E-state index < -0.39 is 0 Å². The molecule has 9 heteroatoms. The maximum absolute atomic E-state index is 12.6. The Morgan fingerprint density at radius 2 is 2.11 bits per heavy atom. The molecule has 6 nitrogen and oxygen atoms in total. The number of nitrogens with zero attached hydrogens (tertiary/aromatic N) is 4. The van der Waals surface area contributed by atoms with Crippen LogP contribution in [0.1, 0.15) is 18.9 Å². The van der Waals surface area contributed by atoms with Gasteiger partial charge >= 0.3 is 0 Å². The Morgan fingerprint density at radius 1 is 1.33 bits per heavy atom. The molecule has 0 radical (unpaired) electrons. The van der Waals surface area contributed by atoms with E-state index in [9.17, 15) is 4.79 Å². The smallest absolute Gasteiger partial charge is 0.233 e. The molecule has 0 aromatic carbocycles. The molecule has 2 unspecified atom stereocenters. The van der Waals surface area contributed by atoms with Gasteiger partial charge in [-0.15, -0.1) is 32.9 Å². The van der Waals surface area contributed by atoms with Crippen LogP contribution in [0.25, 0.3) is 20.8 Å². The van der Waals surface area contributed by atoms with E-state index in [0.29, 0.717) is 18.8 Å². The largest absolute Gasteiger partial charge is 0.372 e. The van der Waals surface area contributed by atoms with Crippen molar-refractivity contribution in [2.24, 2.45) is 0 Å². The summed E-state index contributed by atoms with van der Waals surface area (Å²) in [5.74, 6) is 0.434. The summed E-state index contributed by atoms with van der Waals surface area (Å²) < 4.78 is 6.74. The minimum atomic E-state index is 0.0699. The van der Waals surface area contributed by atoms with Crippen LogP contribution in [-0.2, 0) is 9.53 Å². The first-order valence-corrected chi connectivity index (χ1v) is 11.4. The number of hydrogen-bond acceptors (Lipinski definition) is 8. The molecule has 1 aliphatic heterocycles. The van der Waals surface area contributed by atoms with Crippen LogP contribution in [0.15, 0.2) is 22.5 Å². The summed E-state index contributed by atoms with van der Waals surface area (Å²) in [6.45, 7) is 7.26. The van der Waals surface area contributed by atoms with Crippen LogP contribution in [-0.4, -0.2) is 57.0 Å². The monoisotopic (exact) mass is 420 g/mol. The van der Waals surface area contributed by atoms with E-state index in [4.69, 9.17) is 4.74 Å². The molecule has 1 aliphatic rings. The van der Waals surface area contributed by atoms with Crippen LogP contribution in [0.3, 0.4) is 0 Å². The zero-order valence-corrected chi connectivity index (χ0v) is 17.8. The summed E-state index contributed by atoms with van der Waals surface area (Å²) >= 11 is 4.68. The number of ether oxygens (including phenoxy) is 1. The summed E-state index contributed by atoms with van der Waals surface area (Å²) in [7, 11) is 0. The molecule has 1 fully saturated rings. The van der Waals surface area contributed by atoms with Crippen molar-refractivity contribution in [2.75, 3.05) is 18.8 Å². The fourth-order valence-corrected chi connectivity index (χ4v) is 5.78. The molecular weight excluding hydrogens is 400 g/mol. The molecule has 4 heterocycles. The fourth-order valence-electron chi connectivity index (χ4n) is 3.20. The van der Waals surface area contributed by atoms with Gasteiger partial charge in [-0.3, -0.25) is 4.79 Å². The van der Waals surface area contributed by atoms with Gasteiger partial charge in [0.1, 0.15) is 16.2 Å². The lowest BCUT2D eigenvalue weighted by molar-refractivity contribution is -0.140. The topological polar surface area (TPSA) is 68.2 Å². The summed E-state index contributed by atoms with van der Waals surface area (Å²) in [6.07, 6.45) is 0.140. The average Bonchev–Trinajstić information content (AvgIpc) is 3.27. The molecule has 0 spiro atoms. The van der Waals surface area contributed by atoms with E-state index in [2.05, 4.69) is 15.2 Å². The quantitative estimate of drug-likeness (QED) is 0.597. The van der Waals surface area contributed by atoms with Crippen LogP contribution < -0.4 is 0 Å². The Bertz CT molecular complexity index is 947. The molecule has 1 saturated heterocycles. The van der Waals surface area contributed by atoms with Crippen molar-refractivity contribution in [3.05, 3.63) is 22.5 Å². The van der Waals surface area contributed by atoms with Crippen molar-refractivity contribution in [1.82, 2.24) is 20.1 Å². The number of thiazole rings is 1. The second kappa shape index (κ2) is 7.83. The molecule has 3 aromatic heterocycles. The number of carbonyl (C=O) groups is 1. The maximum Gasteiger partial charge on any atom is 0.233 e. The minimum absolute atomic E-state index is 0.0699. The van der Waals surface area contributed by atoms with E-state index in [1.54, 1.807) is 22.7 Å². The van der Waals surface area contributed by atoms with E-state index in [-0.39, 0.29) is 18.1 Å². The lowest BCUT2D eigenvalue weighted by Crippen LogP contribution is -2.48. The lowest BCUT2D eigenvalue weighted by atomic mass is 10.2. The predicted octanol–water partition coefficient (Wildman–Crippen LogP) is 3.85. The molecular formula is C18H20N4O2S3. The third-order valence-electron chi connectivity index (χ3n) is 4.25. The highest BCUT2D eigenvalue weighted by Crippen LogP contribution is 2.36. The van der Waals surface area contributed by atoms with E-state index >= 15 is 0 Å². The number of amides is 1. The van der Waals surface area contributed by atoms with Crippen molar-refractivity contribution < 1.29 is 9.53 Å². The van der Waals surface area contributed by atoms with Gasteiger partial charge in [0.05, 0.1) is 32.5 Å². The maximum atomic E-state index is 12.6. The summed E-state index contributed by atoms with van der Waals surface area (Å²) in [4.78, 5) is 20.3. The molecule has 0 N–H and O–H groups in total. The van der Waals surface area contributed by atoms with Gasteiger partial charge in [-0.2, -0.15) is 0 Å². The normalized spacial score (nSPS) is 20.3. The molecule has 142 valence electrons. The van der Waals surface area contributed by atoms with Crippen molar-refractivity contribution >= 4 is 50.6 Å². The van der Waals surface area contributed by atoms with Crippen molar-refractivity contribution in [3.63, 3.8) is 0 Å². The highest BCUT2D eigenvalue weighted by Gasteiger charge is 2.26. The number of carbonyl (C=O) groups excluding carboxylic acids is 1. The van der Waals surface area contributed by atoms with Crippen LogP contribution in [0.4, 0.5) is 0 Å². The number of fused-ring (bicyclic) bond motifs is 1. The molecule has 0 aliphatic carbocycles.